The van der Waals surface area contributed by atoms with Crippen molar-refractivity contribution < 1.29 is 4.74 Å². The minimum absolute atomic E-state index is 0.553. The van der Waals surface area contributed by atoms with Gasteiger partial charge >= 0.3 is 0 Å². The highest BCUT2D eigenvalue weighted by molar-refractivity contribution is 5.16. The van der Waals surface area contributed by atoms with E-state index in [1.807, 2.05) is 0 Å². The summed E-state index contributed by atoms with van der Waals surface area (Å²) in [5.41, 5.74) is 1.11. The van der Waals surface area contributed by atoms with Crippen molar-refractivity contribution >= 4 is 0 Å². The number of ether oxygens (including phenoxy) is 1. The maximum absolute atomic E-state index is 5.79. The normalized spacial score (nSPS) is 66.0. The Morgan fingerprint density at radius 1 is 1.27 bits per heavy atom. The quantitative estimate of drug-likeness (QED) is 0.517. The molecule has 0 radical (unpaired) electrons. The summed E-state index contributed by atoms with van der Waals surface area (Å²) in [4.78, 5) is 0. The predicted molar refractivity (Wildman–Crippen MR) is 43.3 cm³/mol. The molecule has 0 aromatic rings. The molecule has 0 spiro atoms. The van der Waals surface area contributed by atoms with Crippen LogP contribution in [0.15, 0.2) is 0 Å². The molecular weight excluding hydrogens is 136 g/mol. The molecule has 3 aliphatic rings. The van der Waals surface area contributed by atoms with E-state index in [4.69, 9.17) is 4.74 Å². The van der Waals surface area contributed by atoms with E-state index in [9.17, 15) is 0 Å². The lowest BCUT2D eigenvalue weighted by Gasteiger charge is -2.31. The van der Waals surface area contributed by atoms with Crippen molar-refractivity contribution in [3.63, 3.8) is 0 Å². The van der Waals surface area contributed by atoms with Gasteiger partial charge in [-0.25, -0.2) is 0 Å². The van der Waals surface area contributed by atoms with Gasteiger partial charge in [0.05, 0.1) is 12.7 Å². The van der Waals surface area contributed by atoms with Crippen LogP contribution >= 0.6 is 0 Å². The third kappa shape index (κ3) is 0.462. The number of hydrogen-bond donors (Lipinski definition) is 0. The van der Waals surface area contributed by atoms with Crippen molar-refractivity contribution in [2.24, 2.45) is 16.7 Å². The standard InChI is InChI=1S/C10H16O/c1-9-4-3-7-5-8(9)11-6-10(7,9)2/h7-8H,3-6H2,1-2H3/t7-,8-,9+,10+/m1/s1. The van der Waals surface area contributed by atoms with Crippen LogP contribution in [0, 0.1) is 16.7 Å². The minimum Gasteiger partial charge on any atom is -0.377 e. The molecule has 0 unspecified atom stereocenters. The summed E-state index contributed by atoms with van der Waals surface area (Å²) in [6, 6.07) is 0. The molecule has 4 bridgehead atoms. The Labute approximate surface area is 68.1 Å². The Bertz CT molecular complexity index is 191. The molecule has 1 aliphatic heterocycles. The first-order valence-electron chi connectivity index (χ1n) is 4.78. The Morgan fingerprint density at radius 2 is 2.09 bits per heavy atom. The summed E-state index contributed by atoms with van der Waals surface area (Å²) in [6.45, 7) is 5.92. The predicted octanol–water partition coefficient (Wildman–Crippen LogP) is 2.21. The molecule has 4 atom stereocenters. The SMILES string of the molecule is C[C@]12CO[C@@H]3C[C@H]1CC[C@@]32C. The summed E-state index contributed by atoms with van der Waals surface area (Å²) in [5.74, 6) is 0.992. The van der Waals surface area contributed by atoms with Gasteiger partial charge in [0, 0.05) is 10.8 Å². The van der Waals surface area contributed by atoms with E-state index in [0.717, 1.165) is 12.5 Å². The first kappa shape index (κ1) is 6.47. The summed E-state index contributed by atoms with van der Waals surface area (Å²) in [6.07, 6.45) is 4.85. The van der Waals surface area contributed by atoms with Gasteiger partial charge in [0.1, 0.15) is 0 Å². The van der Waals surface area contributed by atoms with Gasteiger partial charge in [0.2, 0.25) is 0 Å². The lowest BCUT2D eigenvalue weighted by atomic mass is 9.71. The topological polar surface area (TPSA) is 9.23 Å². The maximum Gasteiger partial charge on any atom is 0.0638 e. The second kappa shape index (κ2) is 1.52. The molecule has 1 heteroatoms. The second-order valence-corrected chi connectivity index (χ2v) is 5.11. The minimum atomic E-state index is 0.553. The molecule has 11 heavy (non-hydrogen) atoms. The van der Waals surface area contributed by atoms with Gasteiger partial charge in [0.15, 0.2) is 0 Å². The smallest absolute Gasteiger partial charge is 0.0638 e. The fourth-order valence-electron chi connectivity index (χ4n) is 3.78. The molecule has 62 valence electrons. The first-order valence-corrected chi connectivity index (χ1v) is 4.78. The van der Waals surface area contributed by atoms with Crippen LogP contribution in [-0.2, 0) is 4.74 Å². The Morgan fingerprint density at radius 3 is 2.55 bits per heavy atom. The first-order chi connectivity index (χ1) is 5.17. The maximum atomic E-state index is 5.79. The van der Waals surface area contributed by atoms with Crippen LogP contribution in [0.1, 0.15) is 33.1 Å². The van der Waals surface area contributed by atoms with Gasteiger partial charge in [-0.15, -0.1) is 0 Å². The van der Waals surface area contributed by atoms with Crippen molar-refractivity contribution in [3.8, 4) is 0 Å². The number of hydrogen-bond acceptors (Lipinski definition) is 1. The lowest BCUT2D eigenvalue weighted by Crippen LogP contribution is -2.30. The summed E-state index contributed by atoms with van der Waals surface area (Å²) in [7, 11) is 0. The summed E-state index contributed by atoms with van der Waals surface area (Å²) in [5, 5.41) is 0. The van der Waals surface area contributed by atoms with Gasteiger partial charge in [0.25, 0.3) is 0 Å². The molecule has 1 nitrogen and oxygen atoms in total. The Kier molecular flexibility index (Phi) is 0.893. The average molecular weight is 152 g/mol. The molecular formula is C10H16O. The van der Waals surface area contributed by atoms with Crippen LogP contribution in [0.5, 0.6) is 0 Å². The Hall–Kier alpha value is -0.0400. The molecule has 0 aromatic carbocycles. The van der Waals surface area contributed by atoms with Crippen LogP contribution in [0.4, 0.5) is 0 Å². The molecule has 1 heterocycles. The van der Waals surface area contributed by atoms with E-state index in [1.54, 1.807) is 0 Å². The molecule has 0 N–H and O–H groups in total. The van der Waals surface area contributed by atoms with E-state index in [1.165, 1.54) is 19.3 Å². The highest BCUT2D eigenvalue weighted by Crippen LogP contribution is 2.70. The fourth-order valence-corrected chi connectivity index (χ4v) is 3.78. The summed E-state index contributed by atoms with van der Waals surface area (Å²) >= 11 is 0. The molecule has 0 aromatic heterocycles. The van der Waals surface area contributed by atoms with E-state index in [2.05, 4.69) is 13.8 Å². The average Bonchev–Trinajstić information content (AvgIpc) is 2.45. The van der Waals surface area contributed by atoms with Gasteiger partial charge < -0.3 is 4.74 Å². The highest BCUT2D eigenvalue weighted by Gasteiger charge is 2.68. The van der Waals surface area contributed by atoms with Crippen molar-refractivity contribution in [2.45, 2.75) is 39.2 Å². The van der Waals surface area contributed by atoms with Gasteiger partial charge in [-0.05, 0) is 25.2 Å². The third-order valence-corrected chi connectivity index (χ3v) is 5.01. The van der Waals surface area contributed by atoms with E-state index < -0.39 is 0 Å². The van der Waals surface area contributed by atoms with Crippen molar-refractivity contribution in [1.82, 2.24) is 0 Å². The zero-order valence-corrected chi connectivity index (χ0v) is 7.39. The molecule has 2 saturated carbocycles. The van der Waals surface area contributed by atoms with Crippen LogP contribution in [-0.4, -0.2) is 12.7 Å². The molecule has 2 aliphatic carbocycles. The number of rotatable bonds is 0. The molecule has 3 fully saturated rings. The van der Waals surface area contributed by atoms with E-state index >= 15 is 0 Å². The largest absolute Gasteiger partial charge is 0.377 e. The molecule has 3 rings (SSSR count). The highest BCUT2D eigenvalue weighted by atomic mass is 16.5. The third-order valence-electron chi connectivity index (χ3n) is 5.01. The summed E-state index contributed by atoms with van der Waals surface area (Å²) < 4.78 is 5.79. The monoisotopic (exact) mass is 152 g/mol. The van der Waals surface area contributed by atoms with Crippen molar-refractivity contribution in [3.05, 3.63) is 0 Å². The van der Waals surface area contributed by atoms with Crippen LogP contribution in [0.2, 0.25) is 0 Å². The fraction of sp³-hybridized carbons (Fsp3) is 1.00. The lowest BCUT2D eigenvalue weighted by molar-refractivity contribution is 0.00996. The Balaban J connectivity index is 2.15. The van der Waals surface area contributed by atoms with E-state index in [-0.39, 0.29) is 0 Å². The zero-order chi connectivity index (χ0) is 7.69. The zero-order valence-electron chi connectivity index (χ0n) is 7.39. The molecule has 0 amide bonds. The van der Waals surface area contributed by atoms with Gasteiger partial charge in [-0.1, -0.05) is 13.8 Å². The van der Waals surface area contributed by atoms with Crippen LogP contribution in [0.25, 0.3) is 0 Å². The van der Waals surface area contributed by atoms with Gasteiger partial charge in [-0.2, -0.15) is 0 Å². The van der Waals surface area contributed by atoms with Gasteiger partial charge in [-0.3, -0.25) is 0 Å². The second-order valence-electron chi connectivity index (χ2n) is 5.11. The van der Waals surface area contributed by atoms with Crippen molar-refractivity contribution in [2.75, 3.05) is 6.61 Å². The van der Waals surface area contributed by atoms with Crippen LogP contribution in [0.3, 0.4) is 0 Å². The van der Waals surface area contributed by atoms with E-state index in [0.29, 0.717) is 16.9 Å². The molecule has 1 saturated heterocycles. The van der Waals surface area contributed by atoms with Crippen LogP contribution < -0.4 is 0 Å². The van der Waals surface area contributed by atoms with Crippen molar-refractivity contribution in [1.29, 1.82) is 0 Å².